The number of thiol groups is 1. The average molecular weight is 191 g/mol. The minimum absolute atomic E-state index is 0.342. The topological polar surface area (TPSA) is 29.5 Å². The first-order chi connectivity index (χ1) is 5.75. The Hall–Kier alpha value is -0.0600. The van der Waals surface area contributed by atoms with Gasteiger partial charge in [-0.2, -0.15) is 0 Å². The summed E-state index contributed by atoms with van der Waals surface area (Å²) in [6, 6.07) is 0. The van der Waals surface area contributed by atoms with Crippen LogP contribution in [0.15, 0.2) is 0 Å². The number of ether oxygens (including phenoxy) is 1. The van der Waals surface area contributed by atoms with Crippen LogP contribution in [-0.2, 0) is 9.53 Å². The standard InChI is InChI=1S/C8H17NO2S/c1-3-12(8(2)10)9-4-6-11-7-5-9/h12H,3-7H2,1-2H3. The van der Waals surface area contributed by atoms with Crippen LogP contribution < -0.4 is 0 Å². The molecule has 0 N–H and O–H groups in total. The fourth-order valence-corrected chi connectivity index (χ4v) is 3.31. The highest BCUT2D eigenvalue weighted by molar-refractivity contribution is 8.27. The van der Waals surface area contributed by atoms with Crippen molar-refractivity contribution in [1.29, 1.82) is 0 Å². The molecule has 3 nitrogen and oxygen atoms in total. The Bertz CT molecular complexity index is 157. The van der Waals surface area contributed by atoms with Crippen LogP contribution in [0, 0.1) is 0 Å². The zero-order valence-corrected chi connectivity index (χ0v) is 8.64. The average Bonchev–Trinajstić information content (AvgIpc) is 2.07. The number of hydrogen-bond acceptors (Lipinski definition) is 3. The first-order valence-electron chi connectivity index (χ1n) is 4.36. The van der Waals surface area contributed by atoms with E-state index in [1.54, 1.807) is 6.92 Å². The Morgan fingerprint density at radius 3 is 2.50 bits per heavy atom. The summed E-state index contributed by atoms with van der Waals surface area (Å²) in [6.45, 7) is 7.21. The SMILES string of the molecule is CC[SH](C(C)=O)N1CCOCC1. The van der Waals surface area contributed by atoms with Crippen molar-refractivity contribution < 1.29 is 9.53 Å². The van der Waals surface area contributed by atoms with Crippen molar-refractivity contribution in [2.45, 2.75) is 13.8 Å². The van der Waals surface area contributed by atoms with Crippen molar-refractivity contribution in [1.82, 2.24) is 4.31 Å². The molecule has 0 aliphatic carbocycles. The van der Waals surface area contributed by atoms with E-state index in [4.69, 9.17) is 4.74 Å². The second-order valence-corrected chi connectivity index (χ2v) is 5.43. The first-order valence-corrected chi connectivity index (χ1v) is 5.84. The molecule has 1 heterocycles. The van der Waals surface area contributed by atoms with Gasteiger partial charge in [0.2, 0.25) is 0 Å². The molecule has 4 heteroatoms. The molecule has 0 saturated carbocycles. The lowest BCUT2D eigenvalue weighted by Crippen LogP contribution is -2.35. The molecule has 0 bridgehead atoms. The molecule has 1 rings (SSSR count). The van der Waals surface area contributed by atoms with Crippen molar-refractivity contribution in [3.8, 4) is 0 Å². The van der Waals surface area contributed by atoms with Crippen molar-refractivity contribution in [2.24, 2.45) is 0 Å². The predicted octanol–water partition coefficient (Wildman–Crippen LogP) is 0.801. The van der Waals surface area contributed by atoms with E-state index < -0.39 is 11.1 Å². The van der Waals surface area contributed by atoms with Crippen molar-refractivity contribution >= 4 is 16.2 Å². The normalized spacial score (nSPS) is 23.7. The van der Waals surface area contributed by atoms with Gasteiger partial charge in [0.15, 0.2) is 5.12 Å². The number of nitrogens with zero attached hydrogens (tertiary/aromatic N) is 1. The number of carbonyl (C=O) groups is 1. The second kappa shape index (κ2) is 4.84. The van der Waals surface area contributed by atoms with E-state index in [0.717, 1.165) is 32.1 Å². The minimum atomic E-state index is -0.521. The Kier molecular flexibility index (Phi) is 4.05. The Morgan fingerprint density at radius 2 is 2.08 bits per heavy atom. The van der Waals surface area contributed by atoms with Crippen LogP contribution in [0.5, 0.6) is 0 Å². The van der Waals surface area contributed by atoms with E-state index in [0.29, 0.717) is 5.12 Å². The highest BCUT2D eigenvalue weighted by Crippen LogP contribution is 2.31. The lowest BCUT2D eigenvalue weighted by Gasteiger charge is -2.34. The molecular formula is C8H17NO2S. The number of rotatable bonds is 2. The molecule has 0 aromatic heterocycles. The third-order valence-electron chi connectivity index (χ3n) is 1.99. The molecule has 0 aromatic carbocycles. The molecule has 1 atom stereocenters. The molecule has 0 radical (unpaired) electrons. The fraction of sp³-hybridized carbons (Fsp3) is 0.875. The van der Waals surface area contributed by atoms with Gasteiger partial charge in [-0.1, -0.05) is 6.92 Å². The summed E-state index contributed by atoms with van der Waals surface area (Å²) in [5, 5.41) is 0.342. The highest BCUT2D eigenvalue weighted by Gasteiger charge is 2.18. The molecule has 0 spiro atoms. The van der Waals surface area contributed by atoms with Crippen LogP contribution >= 0.6 is 11.1 Å². The van der Waals surface area contributed by atoms with Gasteiger partial charge in [-0.15, -0.1) is 11.1 Å². The maximum Gasteiger partial charge on any atom is 0.178 e. The van der Waals surface area contributed by atoms with Crippen LogP contribution in [0.25, 0.3) is 0 Å². The largest absolute Gasteiger partial charge is 0.379 e. The van der Waals surface area contributed by atoms with Gasteiger partial charge in [0.1, 0.15) is 0 Å². The van der Waals surface area contributed by atoms with Gasteiger partial charge in [0.25, 0.3) is 0 Å². The zero-order chi connectivity index (χ0) is 8.97. The van der Waals surface area contributed by atoms with Crippen LogP contribution in [0.1, 0.15) is 13.8 Å². The van der Waals surface area contributed by atoms with Gasteiger partial charge in [0, 0.05) is 20.0 Å². The van der Waals surface area contributed by atoms with Crippen molar-refractivity contribution in [3.05, 3.63) is 0 Å². The van der Waals surface area contributed by atoms with E-state index in [9.17, 15) is 4.79 Å². The second-order valence-electron chi connectivity index (χ2n) is 2.80. The zero-order valence-electron chi connectivity index (χ0n) is 7.75. The van der Waals surface area contributed by atoms with E-state index >= 15 is 0 Å². The van der Waals surface area contributed by atoms with Crippen LogP contribution in [0.3, 0.4) is 0 Å². The third-order valence-corrected chi connectivity index (χ3v) is 4.40. The van der Waals surface area contributed by atoms with Gasteiger partial charge in [-0.05, 0) is 5.75 Å². The lowest BCUT2D eigenvalue weighted by molar-refractivity contribution is -0.109. The van der Waals surface area contributed by atoms with E-state index in [2.05, 4.69) is 11.2 Å². The molecule has 0 amide bonds. The molecule has 72 valence electrons. The van der Waals surface area contributed by atoms with Gasteiger partial charge in [0.05, 0.1) is 13.2 Å². The molecule has 1 fully saturated rings. The quantitative estimate of drug-likeness (QED) is 0.655. The Balaban J connectivity index is 2.46. The van der Waals surface area contributed by atoms with Gasteiger partial charge >= 0.3 is 0 Å². The number of hydrogen-bond donors (Lipinski definition) is 1. The molecule has 1 aliphatic heterocycles. The van der Waals surface area contributed by atoms with E-state index in [1.807, 2.05) is 0 Å². The molecule has 0 aromatic rings. The van der Waals surface area contributed by atoms with Gasteiger partial charge in [-0.25, -0.2) is 0 Å². The minimum Gasteiger partial charge on any atom is -0.379 e. The van der Waals surface area contributed by atoms with Crippen LogP contribution in [0.4, 0.5) is 0 Å². The smallest absolute Gasteiger partial charge is 0.178 e. The maximum absolute atomic E-state index is 11.2. The Labute approximate surface area is 76.5 Å². The Morgan fingerprint density at radius 1 is 1.50 bits per heavy atom. The first kappa shape index (κ1) is 10.0. The van der Waals surface area contributed by atoms with Crippen LogP contribution in [0.2, 0.25) is 0 Å². The lowest BCUT2D eigenvalue weighted by atomic mass is 10.5. The van der Waals surface area contributed by atoms with Crippen LogP contribution in [-0.4, -0.2) is 41.5 Å². The summed E-state index contributed by atoms with van der Waals surface area (Å²) >= 11 is -0.521. The fourth-order valence-electron chi connectivity index (χ4n) is 1.42. The molecule has 1 aliphatic rings. The summed E-state index contributed by atoms with van der Waals surface area (Å²) < 4.78 is 7.51. The number of morpholine rings is 1. The number of carbonyl (C=O) groups excluding carboxylic acids is 1. The summed E-state index contributed by atoms with van der Waals surface area (Å²) in [4.78, 5) is 11.2. The predicted molar refractivity (Wildman–Crippen MR) is 52.6 cm³/mol. The molecule has 1 unspecified atom stereocenters. The maximum atomic E-state index is 11.2. The molecular weight excluding hydrogens is 174 g/mol. The van der Waals surface area contributed by atoms with Gasteiger partial charge < -0.3 is 4.74 Å². The molecule has 1 saturated heterocycles. The van der Waals surface area contributed by atoms with Crippen molar-refractivity contribution in [3.63, 3.8) is 0 Å². The summed E-state index contributed by atoms with van der Waals surface area (Å²) in [5.74, 6) is 0.977. The monoisotopic (exact) mass is 191 g/mol. The van der Waals surface area contributed by atoms with Gasteiger partial charge in [-0.3, -0.25) is 9.10 Å². The summed E-state index contributed by atoms with van der Waals surface area (Å²) in [7, 11) is 0. The molecule has 12 heavy (non-hydrogen) atoms. The highest BCUT2D eigenvalue weighted by atomic mass is 32.2. The van der Waals surface area contributed by atoms with E-state index in [-0.39, 0.29) is 0 Å². The summed E-state index contributed by atoms with van der Waals surface area (Å²) in [6.07, 6.45) is 0. The van der Waals surface area contributed by atoms with Crippen molar-refractivity contribution in [2.75, 3.05) is 32.1 Å². The third kappa shape index (κ3) is 2.47. The summed E-state index contributed by atoms with van der Waals surface area (Å²) in [5.41, 5.74) is 0. The van der Waals surface area contributed by atoms with E-state index in [1.165, 1.54) is 0 Å².